The molecule has 0 heterocycles. The van der Waals surface area contributed by atoms with Gasteiger partial charge in [0.1, 0.15) is 0 Å². The van der Waals surface area contributed by atoms with Crippen molar-refractivity contribution in [3.63, 3.8) is 0 Å². The number of aliphatic hydroxyl groups excluding tert-OH is 4. The minimum Gasteiger partial charge on any atom is -0.396 e. The van der Waals surface area contributed by atoms with Crippen LogP contribution in [-0.4, -0.2) is 45.8 Å². The Hall–Kier alpha value is -0.160. The van der Waals surface area contributed by atoms with Gasteiger partial charge in [-0.1, -0.05) is 0 Å². The van der Waals surface area contributed by atoms with Crippen LogP contribution in [0.4, 0.5) is 0 Å². The molecular weight excluding hydrogens is 148 g/mol. The Morgan fingerprint density at radius 2 is 1.73 bits per heavy atom. The molecule has 0 aromatic heterocycles. The molecule has 2 atom stereocenters. The third kappa shape index (κ3) is 1.39. The van der Waals surface area contributed by atoms with E-state index in [4.69, 9.17) is 15.3 Å². The van der Waals surface area contributed by atoms with Gasteiger partial charge < -0.3 is 20.4 Å². The van der Waals surface area contributed by atoms with E-state index in [1.165, 1.54) is 0 Å². The zero-order valence-corrected chi connectivity index (χ0v) is 6.27. The van der Waals surface area contributed by atoms with Crippen LogP contribution in [0.15, 0.2) is 0 Å². The summed E-state index contributed by atoms with van der Waals surface area (Å²) in [5.41, 5.74) is -0.876. The van der Waals surface area contributed by atoms with E-state index < -0.39 is 17.6 Å². The smallest absolute Gasteiger partial charge is 0.0666 e. The van der Waals surface area contributed by atoms with E-state index in [9.17, 15) is 5.11 Å². The molecule has 4 N–H and O–H groups in total. The molecule has 1 saturated carbocycles. The van der Waals surface area contributed by atoms with Crippen molar-refractivity contribution in [3.8, 4) is 0 Å². The van der Waals surface area contributed by atoms with Crippen molar-refractivity contribution in [2.75, 3.05) is 13.2 Å². The molecule has 0 saturated heterocycles. The lowest BCUT2D eigenvalue weighted by Gasteiger charge is -2.27. The van der Waals surface area contributed by atoms with Crippen molar-refractivity contribution in [3.05, 3.63) is 0 Å². The number of hydrogen-bond donors (Lipinski definition) is 4. The number of aliphatic hydroxyl groups is 4. The van der Waals surface area contributed by atoms with Gasteiger partial charge >= 0.3 is 0 Å². The maximum Gasteiger partial charge on any atom is 0.0666 e. The first-order chi connectivity index (χ1) is 5.14. The van der Waals surface area contributed by atoms with Crippen LogP contribution in [0.1, 0.15) is 12.8 Å². The second-order valence-electron chi connectivity index (χ2n) is 3.29. The second kappa shape index (κ2) is 3.06. The molecule has 1 fully saturated rings. The monoisotopic (exact) mass is 162 g/mol. The van der Waals surface area contributed by atoms with Crippen molar-refractivity contribution >= 4 is 0 Å². The number of rotatable bonds is 2. The first-order valence-corrected chi connectivity index (χ1v) is 3.72. The van der Waals surface area contributed by atoms with E-state index >= 15 is 0 Å². The van der Waals surface area contributed by atoms with Crippen LogP contribution >= 0.6 is 0 Å². The molecule has 0 bridgehead atoms. The second-order valence-corrected chi connectivity index (χ2v) is 3.29. The maximum absolute atomic E-state index is 9.33. The highest BCUT2D eigenvalue weighted by atomic mass is 16.3. The van der Waals surface area contributed by atoms with Gasteiger partial charge in [0.15, 0.2) is 0 Å². The lowest BCUT2D eigenvalue weighted by molar-refractivity contribution is -0.0322. The Balaban J connectivity index is 2.67. The highest BCUT2D eigenvalue weighted by Crippen LogP contribution is 2.37. The summed E-state index contributed by atoms with van der Waals surface area (Å²) >= 11 is 0. The Morgan fingerprint density at radius 3 is 1.91 bits per heavy atom. The fourth-order valence-electron chi connectivity index (χ4n) is 1.59. The fraction of sp³-hybridized carbons (Fsp3) is 1.00. The lowest BCUT2D eigenvalue weighted by Crippen LogP contribution is -2.37. The SMILES string of the molecule is OCC1(CO)CC(O)CC1O. The normalized spacial score (nSPS) is 36.0. The van der Waals surface area contributed by atoms with E-state index in [-0.39, 0.29) is 26.1 Å². The molecule has 1 aliphatic rings. The van der Waals surface area contributed by atoms with Crippen LogP contribution < -0.4 is 0 Å². The molecule has 11 heavy (non-hydrogen) atoms. The average Bonchev–Trinajstić information content (AvgIpc) is 2.27. The van der Waals surface area contributed by atoms with Gasteiger partial charge in [-0.05, 0) is 12.8 Å². The highest BCUT2D eigenvalue weighted by molar-refractivity contribution is 4.95. The summed E-state index contributed by atoms with van der Waals surface area (Å²) in [6, 6.07) is 0. The van der Waals surface area contributed by atoms with Crippen molar-refractivity contribution in [2.45, 2.75) is 25.0 Å². The molecule has 4 nitrogen and oxygen atoms in total. The molecule has 2 unspecified atom stereocenters. The van der Waals surface area contributed by atoms with Crippen LogP contribution in [0.5, 0.6) is 0 Å². The standard InChI is InChI=1S/C7H14O4/c8-3-7(4-9)2-5(10)1-6(7)11/h5-6,8-11H,1-4H2. The highest BCUT2D eigenvalue weighted by Gasteiger charge is 2.45. The summed E-state index contributed by atoms with van der Waals surface area (Å²) in [6.07, 6.45) is -0.848. The number of hydrogen-bond acceptors (Lipinski definition) is 4. The van der Waals surface area contributed by atoms with Crippen molar-refractivity contribution in [1.82, 2.24) is 0 Å². The Kier molecular flexibility index (Phi) is 2.49. The van der Waals surface area contributed by atoms with Crippen LogP contribution in [0.2, 0.25) is 0 Å². The molecule has 0 aliphatic heterocycles. The summed E-state index contributed by atoms with van der Waals surface area (Å²) in [7, 11) is 0. The first-order valence-electron chi connectivity index (χ1n) is 3.72. The van der Waals surface area contributed by atoms with Crippen LogP contribution in [-0.2, 0) is 0 Å². The summed E-state index contributed by atoms with van der Waals surface area (Å²) in [6.45, 7) is -0.552. The van der Waals surface area contributed by atoms with Gasteiger partial charge in [0, 0.05) is 5.41 Å². The fourth-order valence-corrected chi connectivity index (χ4v) is 1.59. The molecule has 0 radical (unpaired) electrons. The van der Waals surface area contributed by atoms with Gasteiger partial charge in [-0.3, -0.25) is 0 Å². The molecule has 1 aliphatic carbocycles. The predicted molar refractivity (Wildman–Crippen MR) is 37.9 cm³/mol. The van der Waals surface area contributed by atoms with Crippen molar-refractivity contribution in [1.29, 1.82) is 0 Å². The topological polar surface area (TPSA) is 80.9 Å². The Labute approximate surface area is 65.1 Å². The molecule has 0 aromatic rings. The van der Waals surface area contributed by atoms with Gasteiger partial charge in [0.25, 0.3) is 0 Å². The van der Waals surface area contributed by atoms with Crippen LogP contribution in [0, 0.1) is 5.41 Å². The van der Waals surface area contributed by atoms with E-state index in [0.717, 1.165) is 0 Å². The van der Waals surface area contributed by atoms with Gasteiger partial charge in [-0.2, -0.15) is 0 Å². The van der Waals surface area contributed by atoms with E-state index in [1.807, 2.05) is 0 Å². The zero-order valence-electron chi connectivity index (χ0n) is 6.27. The van der Waals surface area contributed by atoms with E-state index in [0.29, 0.717) is 0 Å². The minimum atomic E-state index is -0.876. The zero-order chi connectivity index (χ0) is 8.48. The lowest BCUT2D eigenvalue weighted by atomic mass is 9.86. The summed E-state index contributed by atoms with van der Waals surface area (Å²) < 4.78 is 0. The Bertz CT molecular complexity index is 132. The van der Waals surface area contributed by atoms with Gasteiger partial charge in [-0.25, -0.2) is 0 Å². The molecule has 0 aromatic carbocycles. The van der Waals surface area contributed by atoms with E-state index in [1.54, 1.807) is 0 Å². The molecule has 0 amide bonds. The van der Waals surface area contributed by atoms with Crippen LogP contribution in [0.25, 0.3) is 0 Å². The minimum absolute atomic E-state index is 0.251. The van der Waals surface area contributed by atoms with Gasteiger partial charge in [0.05, 0.1) is 25.4 Å². The predicted octanol–water partition coefficient (Wildman–Crippen LogP) is -1.53. The summed E-state index contributed by atoms with van der Waals surface area (Å²) in [4.78, 5) is 0. The molecule has 0 spiro atoms. The molecular formula is C7H14O4. The summed E-state index contributed by atoms with van der Waals surface area (Å²) in [5, 5.41) is 36.2. The summed E-state index contributed by atoms with van der Waals surface area (Å²) in [5.74, 6) is 0. The Morgan fingerprint density at radius 1 is 1.18 bits per heavy atom. The largest absolute Gasteiger partial charge is 0.396 e. The molecule has 66 valence electrons. The maximum atomic E-state index is 9.33. The van der Waals surface area contributed by atoms with Gasteiger partial charge in [0.2, 0.25) is 0 Å². The van der Waals surface area contributed by atoms with E-state index in [2.05, 4.69) is 0 Å². The van der Waals surface area contributed by atoms with Gasteiger partial charge in [-0.15, -0.1) is 0 Å². The molecule has 4 heteroatoms. The molecule has 1 rings (SSSR count). The first kappa shape index (κ1) is 8.93. The van der Waals surface area contributed by atoms with Crippen LogP contribution in [0.3, 0.4) is 0 Å². The third-order valence-electron chi connectivity index (χ3n) is 2.47. The third-order valence-corrected chi connectivity index (χ3v) is 2.47. The van der Waals surface area contributed by atoms with Crippen molar-refractivity contribution in [2.24, 2.45) is 5.41 Å². The quantitative estimate of drug-likeness (QED) is 0.397. The van der Waals surface area contributed by atoms with Crippen molar-refractivity contribution < 1.29 is 20.4 Å². The average molecular weight is 162 g/mol.